The van der Waals surface area contributed by atoms with Crippen LogP contribution in [0.15, 0.2) is 23.2 Å². The molecule has 0 aromatic heterocycles. The van der Waals surface area contributed by atoms with Crippen molar-refractivity contribution in [2.24, 2.45) is 4.99 Å². The van der Waals surface area contributed by atoms with E-state index in [-0.39, 0.29) is 37.2 Å². The number of rotatable bonds is 10. The van der Waals surface area contributed by atoms with Crippen molar-refractivity contribution in [3.05, 3.63) is 29.3 Å². The minimum Gasteiger partial charge on any atom is -0.434 e. The highest BCUT2D eigenvalue weighted by Crippen LogP contribution is 2.22. The van der Waals surface area contributed by atoms with Gasteiger partial charge in [-0.2, -0.15) is 8.78 Å². The summed E-state index contributed by atoms with van der Waals surface area (Å²) in [5.41, 5.74) is 1.44. The molecule has 0 amide bonds. The Kier molecular flexibility index (Phi) is 9.73. The Morgan fingerprint density at radius 2 is 2.13 bits per heavy atom. The lowest BCUT2D eigenvalue weighted by atomic mass is 10.1. The summed E-state index contributed by atoms with van der Waals surface area (Å²) in [6, 6.07) is 4.91. The number of hydrogen-bond donors (Lipinski definition) is 3. The third kappa shape index (κ3) is 8.80. The number of hydrogen-bond acceptors (Lipinski definition) is 5. The normalized spacial score (nSPS) is 17.8. The number of nitrogens with one attached hydrogen (secondary N) is 3. The molecule has 2 rings (SSSR count). The van der Waals surface area contributed by atoms with Gasteiger partial charge in [0.2, 0.25) is 10.0 Å². The van der Waals surface area contributed by atoms with E-state index in [1.807, 2.05) is 6.92 Å². The number of ether oxygens (including phenoxy) is 2. The fraction of sp³-hybridized carbons (Fsp3) is 0.632. The lowest BCUT2D eigenvalue weighted by Crippen LogP contribution is -2.42. The lowest BCUT2D eigenvalue weighted by Gasteiger charge is -2.22. The van der Waals surface area contributed by atoms with Crippen LogP contribution in [0.4, 0.5) is 8.78 Å². The zero-order valence-corrected chi connectivity index (χ0v) is 18.1. The van der Waals surface area contributed by atoms with Crippen LogP contribution in [0.1, 0.15) is 30.4 Å². The van der Waals surface area contributed by atoms with Gasteiger partial charge in [-0.15, -0.1) is 0 Å². The first-order valence-corrected chi connectivity index (χ1v) is 11.5. The van der Waals surface area contributed by atoms with Crippen LogP contribution in [0.2, 0.25) is 0 Å². The molecule has 11 heteroatoms. The Morgan fingerprint density at radius 1 is 1.33 bits per heavy atom. The van der Waals surface area contributed by atoms with Gasteiger partial charge in [0.15, 0.2) is 5.96 Å². The van der Waals surface area contributed by atoms with E-state index in [4.69, 9.17) is 4.74 Å². The number of sulfonamides is 1. The second kappa shape index (κ2) is 12.0. The van der Waals surface area contributed by atoms with Crippen molar-refractivity contribution in [1.82, 2.24) is 15.4 Å². The summed E-state index contributed by atoms with van der Waals surface area (Å²) in [4.78, 5) is 4.03. The van der Waals surface area contributed by atoms with Crippen molar-refractivity contribution >= 4 is 16.0 Å². The highest BCUT2D eigenvalue weighted by Gasteiger charge is 2.17. The first-order valence-electron chi connectivity index (χ1n) is 9.87. The standard InChI is InChI=1S/C19H30F2N4O4S/c1-14-6-7-17(29-18(20)21)15(11-14)12-24-19(22-2)23-8-10-30(26,27)25-13-16-5-3-4-9-28-16/h6-7,11,16,18,25H,3-5,8-10,12-13H2,1-2H3,(H2,22,23,24). The van der Waals surface area contributed by atoms with Crippen molar-refractivity contribution in [1.29, 1.82) is 0 Å². The van der Waals surface area contributed by atoms with Gasteiger partial charge in [-0.05, 0) is 32.3 Å². The van der Waals surface area contributed by atoms with Crippen molar-refractivity contribution in [3.8, 4) is 5.75 Å². The van der Waals surface area contributed by atoms with Gasteiger partial charge in [0.1, 0.15) is 5.75 Å². The summed E-state index contributed by atoms with van der Waals surface area (Å²) in [6.45, 7) is 0.193. The van der Waals surface area contributed by atoms with Crippen molar-refractivity contribution in [3.63, 3.8) is 0 Å². The number of nitrogens with zero attached hydrogens (tertiary/aromatic N) is 1. The molecule has 1 fully saturated rings. The average molecular weight is 449 g/mol. The van der Waals surface area contributed by atoms with Gasteiger partial charge >= 0.3 is 6.61 Å². The summed E-state index contributed by atoms with van der Waals surface area (Å²) >= 11 is 0. The maximum Gasteiger partial charge on any atom is 0.387 e. The van der Waals surface area contributed by atoms with Gasteiger partial charge in [-0.3, -0.25) is 4.99 Å². The van der Waals surface area contributed by atoms with Gasteiger partial charge in [0, 0.05) is 38.9 Å². The van der Waals surface area contributed by atoms with Crippen molar-refractivity contribution in [2.75, 3.05) is 32.5 Å². The van der Waals surface area contributed by atoms with Crippen LogP contribution in [0, 0.1) is 6.92 Å². The zero-order chi connectivity index (χ0) is 22.0. The van der Waals surface area contributed by atoms with Crippen LogP contribution in [0.5, 0.6) is 5.75 Å². The topological polar surface area (TPSA) is 101 Å². The predicted octanol–water partition coefficient (Wildman–Crippen LogP) is 1.75. The molecule has 0 radical (unpaired) electrons. The average Bonchev–Trinajstić information content (AvgIpc) is 2.71. The number of halogens is 2. The summed E-state index contributed by atoms with van der Waals surface area (Å²) < 4.78 is 62.1. The third-order valence-corrected chi connectivity index (χ3v) is 5.92. The monoisotopic (exact) mass is 448 g/mol. The number of guanidine groups is 1. The molecule has 1 aromatic carbocycles. The van der Waals surface area contributed by atoms with Crippen LogP contribution in [0.25, 0.3) is 0 Å². The van der Waals surface area contributed by atoms with Crippen molar-refractivity contribution < 1.29 is 26.7 Å². The second-order valence-electron chi connectivity index (χ2n) is 7.00. The zero-order valence-electron chi connectivity index (χ0n) is 17.3. The van der Waals surface area contributed by atoms with E-state index >= 15 is 0 Å². The van der Waals surface area contributed by atoms with Gasteiger partial charge in [0.25, 0.3) is 0 Å². The van der Waals surface area contributed by atoms with Gasteiger partial charge in [-0.25, -0.2) is 13.1 Å². The van der Waals surface area contributed by atoms with Gasteiger partial charge in [-0.1, -0.05) is 17.7 Å². The molecule has 1 saturated heterocycles. The molecule has 30 heavy (non-hydrogen) atoms. The number of aliphatic imine (C=N–C) groups is 1. The quantitative estimate of drug-likeness (QED) is 0.372. The number of alkyl halides is 2. The fourth-order valence-corrected chi connectivity index (χ4v) is 3.98. The Hall–Kier alpha value is -1.98. The Bertz CT molecular complexity index is 800. The van der Waals surface area contributed by atoms with E-state index in [0.717, 1.165) is 24.8 Å². The third-order valence-electron chi connectivity index (χ3n) is 4.57. The molecule has 3 N–H and O–H groups in total. The Labute approximate surface area is 176 Å². The van der Waals surface area contributed by atoms with E-state index in [2.05, 4.69) is 25.1 Å². The fourth-order valence-electron chi connectivity index (χ4n) is 3.02. The van der Waals surface area contributed by atoms with Crippen molar-refractivity contribution in [2.45, 2.75) is 45.4 Å². The molecule has 1 aromatic rings. The largest absolute Gasteiger partial charge is 0.434 e. The smallest absolute Gasteiger partial charge is 0.387 e. The van der Waals surface area contributed by atoms with Crippen LogP contribution in [0.3, 0.4) is 0 Å². The first-order chi connectivity index (χ1) is 14.3. The van der Waals surface area contributed by atoms with Crippen LogP contribution in [-0.4, -0.2) is 59.6 Å². The summed E-state index contributed by atoms with van der Waals surface area (Å²) in [5.74, 6) is 0.297. The second-order valence-corrected chi connectivity index (χ2v) is 8.92. The molecule has 0 saturated carbocycles. The van der Waals surface area contributed by atoms with Crippen LogP contribution in [-0.2, 0) is 21.3 Å². The van der Waals surface area contributed by atoms with E-state index in [9.17, 15) is 17.2 Å². The lowest BCUT2D eigenvalue weighted by molar-refractivity contribution is -0.0504. The SMILES string of the molecule is CN=C(NCCS(=O)(=O)NCC1CCCCO1)NCc1cc(C)ccc1OC(F)F. The van der Waals surface area contributed by atoms with E-state index in [1.54, 1.807) is 12.1 Å². The first kappa shape index (κ1) is 24.3. The number of benzene rings is 1. The summed E-state index contributed by atoms with van der Waals surface area (Å²) in [7, 11) is -1.92. The number of aryl methyl sites for hydroxylation is 1. The van der Waals surface area contributed by atoms with E-state index < -0.39 is 16.6 Å². The minimum atomic E-state index is -3.46. The molecule has 1 atom stereocenters. The van der Waals surface area contributed by atoms with Gasteiger partial charge < -0.3 is 20.1 Å². The molecule has 8 nitrogen and oxygen atoms in total. The maximum absolute atomic E-state index is 12.6. The molecule has 170 valence electrons. The maximum atomic E-state index is 12.6. The summed E-state index contributed by atoms with van der Waals surface area (Å²) in [5, 5.41) is 5.88. The molecule has 0 aliphatic carbocycles. The van der Waals surface area contributed by atoms with Crippen LogP contribution < -0.4 is 20.1 Å². The Balaban J connectivity index is 1.79. The molecule has 1 aliphatic heterocycles. The van der Waals surface area contributed by atoms with Crippen LogP contribution >= 0.6 is 0 Å². The molecule has 0 spiro atoms. The Morgan fingerprint density at radius 3 is 2.80 bits per heavy atom. The highest BCUT2D eigenvalue weighted by molar-refractivity contribution is 7.89. The minimum absolute atomic E-state index is 0.0742. The van der Waals surface area contributed by atoms with E-state index in [0.29, 0.717) is 18.1 Å². The molecule has 1 aliphatic rings. The molecular formula is C19H30F2N4O4S. The molecule has 1 heterocycles. The highest BCUT2D eigenvalue weighted by atomic mass is 32.2. The van der Waals surface area contributed by atoms with E-state index in [1.165, 1.54) is 13.1 Å². The molecular weight excluding hydrogens is 418 g/mol. The molecule has 1 unspecified atom stereocenters. The van der Waals surface area contributed by atoms with Gasteiger partial charge in [0.05, 0.1) is 11.9 Å². The molecule has 0 bridgehead atoms. The predicted molar refractivity (Wildman–Crippen MR) is 111 cm³/mol. The summed E-state index contributed by atoms with van der Waals surface area (Å²) in [6.07, 6.45) is 2.83.